The Labute approximate surface area is 165 Å². The lowest BCUT2D eigenvalue weighted by Gasteiger charge is -2.23. The van der Waals surface area contributed by atoms with Gasteiger partial charge in [-0.1, -0.05) is 12.1 Å². The van der Waals surface area contributed by atoms with Crippen molar-refractivity contribution < 1.29 is 23.8 Å². The molecular formula is C22H25NO5. The van der Waals surface area contributed by atoms with Gasteiger partial charge in [0.2, 0.25) is 0 Å². The molecule has 0 aromatic heterocycles. The molecule has 0 spiro atoms. The van der Waals surface area contributed by atoms with Crippen LogP contribution in [0.25, 0.3) is 0 Å². The van der Waals surface area contributed by atoms with Crippen LogP contribution in [0.15, 0.2) is 42.5 Å². The second kappa shape index (κ2) is 8.78. The second-order valence-electron chi connectivity index (χ2n) is 6.81. The molecule has 2 aromatic carbocycles. The van der Waals surface area contributed by atoms with Crippen LogP contribution in [0.2, 0.25) is 0 Å². The first-order chi connectivity index (χ1) is 13.5. The van der Waals surface area contributed by atoms with Crippen LogP contribution in [0.5, 0.6) is 17.2 Å². The first-order valence-electron chi connectivity index (χ1n) is 9.26. The molecule has 0 unspecified atom stereocenters. The van der Waals surface area contributed by atoms with Gasteiger partial charge in [0.05, 0.1) is 14.2 Å². The number of methoxy groups -OCH3 is 2. The van der Waals surface area contributed by atoms with Crippen LogP contribution < -0.4 is 14.2 Å². The van der Waals surface area contributed by atoms with Gasteiger partial charge < -0.3 is 19.1 Å². The number of Topliss-reactive ketones (excluding diaryl/α,β-unsaturated/α-hetero) is 1. The van der Waals surface area contributed by atoms with E-state index in [-0.39, 0.29) is 24.3 Å². The van der Waals surface area contributed by atoms with Gasteiger partial charge in [-0.15, -0.1) is 0 Å². The number of rotatable bonds is 9. The molecule has 1 fully saturated rings. The highest BCUT2D eigenvalue weighted by atomic mass is 16.5. The van der Waals surface area contributed by atoms with E-state index in [1.165, 1.54) is 14.0 Å². The van der Waals surface area contributed by atoms with Crippen LogP contribution in [0.4, 0.5) is 0 Å². The highest BCUT2D eigenvalue weighted by molar-refractivity contribution is 5.94. The molecule has 0 saturated heterocycles. The van der Waals surface area contributed by atoms with Crippen LogP contribution >= 0.6 is 0 Å². The van der Waals surface area contributed by atoms with E-state index in [1.54, 1.807) is 25.3 Å². The minimum atomic E-state index is -0.0809. The summed E-state index contributed by atoms with van der Waals surface area (Å²) >= 11 is 0. The number of ketones is 1. The Bertz CT molecular complexity index is 843. The van der Waals surface area contributed by atoms with Crippen molar-refractivity contribution in [1.82, 2.24) is 4.90 Å². The Hall–Kier alpha value is -3.02. The zero-order valence-corrected chi connectivity index (χ0v) is 16.4. The molecule has 0 bridgehead atoms. The molecule has 28 heavy (non-hydrogen) atoms. The highest BCUT2D eigenvalue weighted by Crippen LogP contribution is 2.31. The maximum absolute atomic E-state index is 12.8. The Kier molecular flexibility index (Phi) is 6.19. The average Bonchev–Trinajstić information content (AvgIpc) is 3.55. The van der Waals surface area contributed by atoms with Gasteiger partial charge >= 0.3 is 0 Å². The number of amides is 1. The lowest BCUT2D eigenvalue weighted by Crippen LogP contribution is -2.36. The van der Waals surface area contributed by atoms with Crippen LogP contribution in [0.1, 0.15) is 35.7 Å². The summed E-state index contributed by atoms with van der Waals surface area (Å²) in [5.74, 6) is 1.54. The Morgan fingerprint density at radius 3 is 2.29 bits per heavy atom. The highest BCUT2D eigenvalue weighted by Gasteiger charge is 2.32. The smallest absolute Gasteiger partial charge is 0.261 e. The molecule has 0 atom stereocenters. The summed E-state index contributed by atoms with van der Waals surface area (Å²) in [6, 6.07) is 12.9. The molecule has 0 heterocycles. The van der Waals surface area contributed by atoms with Gasteiger partial charge in [0.15, 0.2) is 23.9 Å². The third kappa shape index (κ3) is 4.82. The zero-order chi connectivity index (χ0) is 20.1. The molecule has 2 aromatic rings. The minimum absolute atomic E-state index is 0.0553. The predicted molar refractivity (Wildman–Crippen MR) is 105 cm³/mol. The molecule has 6 heteroatoms. The molecular weight excluding hydrogens is 358 g/mol. The van der Waals surface area contributed by atoms with E-state index >= 15 is 0 Å². The van der Waals surface area contributed by atoms with Crippen LogP contribution in [-0.2, 0) is 11.3 Å². The van der Waals surface area contributed by atoms with E-state index in [1.807, 2.05) is 29.2 Å². The molecule has 0 radical (unpaired) electrons. The van der Waals surface area contributed by atoms with E-state index in [4.69, 9.17) is 14.2 Å². The van der Waals surface area contributed by atoms with E-state index in [0.717, 1.165) is 24.2 Å². The zero-order valence-electron chi connectivity index (χ0n) is 16.4. The van der Waals surface area contributed by atoms with E-state index in [0.29, 0.717) is 23.6 Å². The number of ether oxygens (including phenoxy) is 3. The summed E-state index contributed by atoms with van der Waals surface area (Å²) in [5, 5.41) is 0. The molecule has 0 aliphatic heterocycles. The Morgan fingerprint density at radius 1 is 1.00 bits per heavy atom. The largest absolute Gasteiger partial charge is 0.497 e. The Balaban J connectivity index is 1.65. The van der Waals surface area contributed by atoms with Gasteiger partial charge in [0.25, 0.3) is 5.91 Å². The van der Waals surface area contributed by atoms with E-state index < -0.39 is 0 Å². The number of hydrogen-bond donors (Lipinski definition) is 0. The van der Waals surface area contributed by atoms with Gasteiger partial charge in [0, 0.05) is 18.2 Å². The standard InChI is InChI=1S/C22H25NO5/c1-15(24)17-6-11-20(21(12-17)27-3)28-14-22(25)23(18-7-8-18)13-16-4-9-19(26-2)10-5-16/h4-6,9-12,18H,7-8,13-14H2,1-3H3. The Morgan fingerprint density at radius 2 is 1.71 bits per heavy atom. The lowest BCUT2D eigenvalue weighted by molar-refractivity contribution is -0.134. The van der Waals surface area contributed by atoms with Gasteiger partial charge in [-0.3, -0.25) is 9.59 Å². The molecule has 1 aliphatic carbocycles. The molecule has 0 N–H and O–H groups in total. The summed E-state index contributed by atoms with van der Waals surface area (Å²) in [6.45, 7) is 1.95. The van der Waals surface area contributed by atoms with Crippen molar-refractivity contribution in [3.05, 3.63) is 53.6 Å². The van der Waals surface area contributed by atoms with Crippen molar-refractivity contribution in [1.29, 1.82) is 0 Å². The van der Waals surface area contributed by atoms with Gasteiger partial charge in [-0.2, -0.15) is 0 Å². The lowest BCUT2D eigenvalue weighted by atomic mass is 10.1. The van der Waals surface area contributed by atoms with Crippen molar-refractivity contribution in [2.45, 2.75) is 32.4 Å². The number of nitrogens with zero attached hydrogens (tertiary/aromatic N) is 1. The number of carbonyl (C=O) groups is 2. The second-order valence-corrected chi connectivity index (χ2v) is 6.81. The van der Waals surface area contributed by atoms with E-state index in [2.05, 4.69) is 0 Å². The summed E-state index contributed by atoms with van der Waals surface area (Å²) in [4.78, 5) is 26.2. The normalized spacial score (nSPS) is 13.0. The number of hydrogen-bond acceptors (Lipinski definition) is 5. The number of carbonyl (C=O) groups excluding carboxylic acids is 2. The molecule has 1 saturated carbocycles. The third-order valence-electron chi connectivity index (χ3n) is 4.74. The van der Waals surface area contributed by atoms with Crippen molar-refractivity contribution in [3.8, 4) is 17.2 Å². The average molecular weight is 383 g/mol. The van der Waals surface area contributed by atoms with Crippen molar-refractivity contribution in [2.24, 2.45) is 0 Å². The monoisotopic (exact) mass is 383 g/mol. The third-order valence-corrected chi connectivity index (χ3v) is 4.74. The SMILES string of the molecule is COc1ccc(CN(C(=O)COc2ccc(C(C)=O)cc2OC)C2CC2)cc1. The quantitative estimate of drug-likeness (QED) is 0.621. The molecule has 1 aliphatic rings. The predicted octanol–water partition coefficient (Wildman–Crippen LogP) is 3.48. The fraction of sp³-hybridized carbons (Fsp3) is 0.364. The topological polar surface area (TPSA) is 65.1 Å². The van der Waals surface area contributed by atoms with Crippen LogP contribution in [0.3, 0.4) is 0 Å². The van der Waals surface area contributed by atoms with Crippen LogP contribution in [-0.4, -0.2) is 43.5 Å². The van der Waals surface area contributed by atoms with Gasteiger partial charge in [0.1, 0.15) is 5.75 Å². The summed E-state index contributed by atoms with van der Waals surface area (Å²) < 4.78 is 16.2. The van der Waals surface area contributed by atoms with Crippen molar-refractivity contribution in [3.63, 3.8) is 0 Å². The maximum atomic E-state index is 12.8. The van der Waals surface area contributed by atoms with E-state index in [9.17, 15) is 9.59 Å². The first kappa shape index (κ1) is 19.7. The number of benzene rings is 2. The minimum Gasteiger partial charge on any atom is -0.497 e. The van der Waals surface area contributed by atoms with Gasteiger partial charge in [-0.25, -0.2) is 0 Å². The molecule has 148 valence electrons. The van der Waals surface area contributed by atoms with Crippen molar-refractivity contribution in [2.75, 3.05) is 20.8 Å². The summed E-state index contributed by atoms with van der Waals surface area (Å²) in [7, 11) is 3.14. The maximum Gasteiger partial charge on any atom is 0.261 e. The molecule has 6 nitrogen and oxygen atoms in total. The fourth-order valence-corrected chi connectivity index (χ4v) is 2.96. The molecule has 3 rings (SSSR count). The summed E-state index contributed by atoms with van der Waals surface area (Å²) in [6.07, 6.45) is 2.02. The fourth-order valence-electron chi connectivity index (χ4n) is 2.96. The molecule has 1 amide bonds. The van der Waals surface area contributed by atoms with Gasteiger partial charge in [-0.05, 0) is 55.7 Å². The van der Waals surface area contributed by atoms with Crippen LogP contribution in [0, 0.1) is 0 Å². The van der Waals surface area contributed by atoms with Crippen molar-refractivity contribution >= 4 is 11.7 Å². The first-order valence-corrected chi connectivity index (χ1v) is 9.26. The summed E-state index contributed by atoms with van der Waals surface area (Å²) in [5.41, 5.74) is 1.58.